The zero-order valence-corrected chi connectivity index (χ0v) is 12.1. The van der Waals surface area contributed by atoms with E-state index in [1.165, 1.54) is 6.07 Å². The highest BCUT2D eigenvalue weighted by Gasteiger charge is 2.14. The first-order valence-electron chi connectivity index (χ1n) is 5.62. The van der Waals surface area contributed by atoms with Gasteiger partial charge in [0.25, 0.3) is 5.69 Å². The second-order valence-electron chi connectivity index (χ2n) is 4.29. The number of halogens is 1. The molecule has 0 aliphatic carbocycles. The van der Waals surface area contributed by atoms with Crippen LogP contribution >= 0.6 is 15.9 Å². The SMILES string of the molecule is Cc1nn(Cc2ccc(N)c([N+](=O)[O-])c2)c(C)c1Br. The fraction of sp³-hybridized carbons (Fsp3) is 0.250. The van der Waals surface area contributed by atoms with Gasteiger partial charge >= 0.3 is 0 Å². The summed E-state index contributed by atoms with van der Waals surface area (Å²) in [4.78, 5) is 10.4. The number of nitro benzene ring substituents is 1. The van der Waals surface area contributed by atoms with Crippen molar-refractivity contribution in [2.45, 2.75) is 20.4 Å². The molecule has 0 saturated carbocycles. The number of aromatic nitrogens is 2. The van der Waals surface area contributed by atoms with Crippen LogP contribution in [0.2, 0.25) is 0 Å². The van der Waals surface area contributed by atoms with Gasteiger partial charge in [-0.1, -0.05) is 6.07 Å². The Hall–Kier alpha value is -1.89. The summed E-state index contributed by atoms with van der Waals surface area (Å²) in [5.41, 5.74) is 8.33. The van der Waals surface area contributed by atoms with Gasteiger partial charge in [0.1, 0.15) is 5.69 Å². The molecule has 2 aromatic rings. The number of rotatable bonds is 3. The van der Waals surface area contributed by atoms with Crippen LogP contribution in [-0.4, -0.2) is 14.7 Å². The Labute approximate surface area is 118 Å². The molecule has 0 spiro atoms. The van der Waals surface area contributed by atoms with Crippen LogP contribution in [0.5, 0.6) is 0 Å². The molecule has 2 N–H and O–H groups in total. The number of nitrogens with zero attached hydrogens (tertiary/aromatic N) is 3. The Morgan fingerprint density at radius 1 is 1.47 bits per heavy atom. The molecule has 0 fully saturated rings. The van der Waals surface area contributed by atoms with Crippen molar-refractivity contribution in [1.82, 2.24) is 9.78 Å². The molecule has 0 bridgehead atoms. The van der Waals surface area contributed by atoms with E-state index in [0.717, 1.165) is 21.4 Å². The molecule has 6 nitrogen and oxygen atoms in total. The van der Waals surface area contributed by atoms with Crippen molar-refractivity contribution in [3.8, 4) is 0 Å². The number of anilines is 1. The first-order valence-corrected chi connectivity index (χ1v) is 6.41. The maximum absolute atomic E-state index is 10.8. The van der Waals surface area contributed by atoms with Gasteiger partial charge in [0.2, 0.25) is 0 Å². The first kappa shape index (κ1) is 13.5. The third kappa shape index (κ3) is 2.60. The molecule has 0 aliphatic heterocycles. The molecule has 1 heterocycles. The molecule has 0 amide bonds. The Bertz CT molecular complexity index is 651. The Morgan fingerprint density at radius 2 is 2.16 bits per heavy atom. The van der Waals surface area contributed by atoms with Gasteiger partial charge in [-0.15, -0.1) is 0 Å². The van der Waals surface area contributed by atoms with Crippen LogP contribution in [0, 0.1) is 24.0 Å². The lowest BCUT2D eigenvalue weighted by atomic mass is 10.1. The van der Waals surface area contributed by atoms with Crippen LogP contribution in [0.4, 0.5) is 11.4 Å². The molecule has 0 saturated heterocycles. The van der Waals surface area contributed by atoms with Crippen LogP contribution in [0.25, 0.3) is 0 Å². The normalized spacial score (nSPS) is 10.7. The van der Waals surface area contributed by atoms with Gasteiger partial charge in [-0.25, -0.2) is 0 Å². The summed E-state index contributed by atoms with van der Waals surface area (Å²) in [6.07, 6.45) is 0. The summed E-state index contributed by atoms with van der Waals surface area (Å²) in [5.74, 6) is 0. The minimum atomic E-state index is -0.476. The first-order chi connectivity index (χ1) is 8.90. The largest absolute Gasteiger partial charge is 0.393 e. The Morgan fingerprint density at radius 3 is 2.68 bits per heavy atom. The fourth-order valence-electron chi connectivity index (χ4n) is 1.85. The molecule has 0 atom stereocenters. The molecule has 2 rings (SSSR count). The van der Waals surface area contributed by atoms with Crippen molar-refractivity contribution in [3.05, 3.63) is 49.7 Å². The predicted molar refractivity (Wildman–Crippen MR) is 76.0 cm³/mol. The van der Waals surface area contributed by atoms with Gasteiger partial charge in [-0.3, -0.25) is 14.8 Å². The zero-order chi connectivity index (χ0) is 14.2. The summed E-state index contributed by atoms with van der Waals surface area (Å²) < 4.78 is 2.76. The lowest BCUT2D eigenvalue weighted by molar-refractivity contribution is -0.384. The summed E-state index contributed by atoms with van der Waals surface area (Å²) in [5, 5.41) is 15.2. The van der Waals surface area contributed by atoms with E-state index in [1.807, 2.05) is 13.8 Å². The highest BCUT2D eigenvalue weighted by Crippen LogP contribution is 2.24. The van der Waals surface area contributed by atoms with Gasteiger partial charge in [0.05, 0.1) is 27.3 Å². The van der Waals surface area contributed by atoms with Crippen LogP contribution in [-0.2, 0) is 6.54 Å². The topological polar surface area (TPSA) is 87.0 Å². The van der Waals surface area contributed by atoms with Crippen molar-refractivity contribution >= 4 is 27.3 Å². The van der Waals surface area contributed by atoms with E-state index in [4.69, 9.17) is 5.73 Å². The smallest absolute Gasteiger partial charge is 0.292 e. The van der Waals surface area contributed by atoms with Crippen LogP contribution in [0.3, 0.4) is 0 Å². The average Bonchev–Trinajstić information content (AvgIpc) is 2.59. The van der Waals surface area contributed by atoms with E-state index in [1.54, 1.807) is 16.8 Å². The van der Waals surface area contributed by atoms with Crippen molar-refractivity contribution in [3.63, 3.8) is 0 Å². The van der Waals surface area contributed by atoms with Gasteiger partial charge in [-0.05, 0) is 41.4 Å². The maximum Gasteiger partial charge on any atom is 0.292 e. The van der Waals surface area contributed by atoms with Crippen LogP contribution < -0.4 is 5.73 Å². The lowest BCUT2D eigenvalue weighted by Crippen LogP contribution is -2.05. The van der Waals surface area contributed by atoms with Gasteiger partial charge in [0.15, 0.2) is 0 Å². The quantitative estimate of drug-likeness (QED) is 0.534. The number of nitro groups is 1. The molecule has 100 valence electrons. The van der Waals surface area contributed by atoms with Crippen molar-refractivity contribution < 1.29 is 4.92 Å². The average molecular weight is 325 g/mol. The molecular formula is C12H13BrN4O2. The minimum Gasteiger partial charge on any atom is -0.393 e. The highest BCUT2D eigenvalue weighted by molar-refractivity contribution is 9.10. The van der Waals surface area contributed by atoms with Crippen molar-refractivity contribution in [2.75, 3.05) is 5.73 Å². The van der Waals surface area contributed by atoms with E-state index < -0.39 is 4.92 Å². The van der Waals surface area contributed by atoms with Crippen LogP contribution in [0.15, 0.2) is 22.7 Å². The van der Waals surface area contributed by atoms with Gasteiger partial charge < -0.3 is 5.73 Å². The summed E-state index contributed by atoms with van der Waals surface area (Å²) in [7, 11) is 0. The summed E-state index contributed by atoms with van der Waals surface area (Å²) in [6.45, 7) is 4.31. The molecule has 7 heteroatoms. The molecule has 1 aromatic carbocycles. The number of nitrogen functional groups attached to an aromatic ring is 1. The van der Waals surface area contributed by atoms with Crippen molar-refractivity contribution in [2.24, 2.45) is 0 Å². The second-order valence-corrected chi connectivity index (χ2v) is 5.09. The van der Waals surface area contributed by atoms with Gasteiger partial charge in [-0.2, -0.15) is 5.10 Å². The fourth-order valence-corrected chi connectivity index (χ4v) is 2.13. The van der Waals surface area contributed by atoms with E-state index in [-0.39, 0.29) is 11.4 Å². The summed E-state index contributed by atoms with van der Waals surface area (Å²) in [6, 6.07) is 4.81. The van der Waals surface area contributed by atoms with E-state index in [9.17, 15) is 10.1 Å². The summed E-state index contributed by atoms with van der Waals surface area (Å²) >= 11 is 3.45. The molecule has 0 radical (unpaired) electrons. The van der Waals surface area contributed by atoms with E-state index in [0.29, 0.717) is 6.54 Å². The van der Waals surface area contributed by atoms with Crippen LogP contribution in [0.1, 0.15) is 17.0 Å². The molecule has 19 heavy (non-hydrogen) atoms. The third-order valence-electron chi connectivity index (χ3n) is 2.92. The molecule has 0 aliphatic rings. The second kappa shape index (κ2) is 5.00. The van der Waals surface area contributed by atoms with E-state index in [2.05, 4.69) is 21.0 Å². The minimum absolute atomic E-state index is 0.0712. The molecular weight excluding hydrogens is 312 g/mol. The molecule has 0 unspecified atom stereocenters. The van der Waals surface area contributed by atoms with Crippen molar-refractivity contribution in [1.29, 1.82) is 0 Å². The Balaban J connectivity index is 2.36. The number of benzene rings is 1. The lowest BCUT2D eigenvalue weighted by Gasteiger charge is -2.05. The maximum atomic E-state index is 10.8. The Kier molecular flexibility index (Phi) is 3.57. The third-order valence-corrected chi connectivity index (χ3v) is 4.06. The monoisotopic (exact) mass is 324 g/mol. The zero-order valence-electron chi connectivity index (χ0n) is 10.6. The number of hydrogen-bond donors (Lipinski definition) is 1. The standard InChI is InChI=1S/C12H13BrN4O2/c1-7-12(13)8(2)16(15-7)6-9-3-4-10(14)11(5-9)17(18)19/h3-5H,6,14H2,1-2H3. The predicted octanol–water partition coefficient (Wildman–Crippen LogP) is 2.80. The number of hydrogen-bond acceptors (Lipinski definition) is 4. The highest BCUT2D eigenvalue weighted by atomic mass is 79.9. The number of nitrogens with two attached hydrogens (primary N) is 1. The van der Waals surface area contributed by atoms with E-state index >= 15 is 0 Å². The number of aryl methyl sites for hydroxylation is 1. The van der Waals surface area contributed by atoms with Gasteiger partial charge in [0, 0.05) is 6.07 Å². The molecule has 1 aromatic heterocycles.